The third-order valence-corrected chi connectivity index (χ3v) is 6.76. The van der Waals surface area contributed by atoms with Gasteiger partial charge in [0.05, 0.1) is 11.2 Å². The highest BCUT2D eigenvalue weighted by Crippen LogP contribution is 2.28. The molecule has 10 heteroatoms. The van der Waals surface area contributed by atoms with E-state index in [1.807, 2.05) is 13.8 Å². The summed E-state index contributed by atoms with van der Waals surface area (Å²) in [6.45, 7) is 3.93. The van der Waals surface area contributed by atoms with Crippen LogP contribution in [0.15, 0.2) is 23.1 Å². The van der Waals surface area contributed by atoms with Crippen molar-refractivity contribution < 1.29 is 29.0 Å². The lowest BCUT2D eigenvalue weighted by molar-refractivity contribution is -0.140. The van der Waals surface area contributed by atoms with Crippen LogP contribution in [0.5, 0.6) is 0 Å². The molecule has 1 aromatic carbocycles. The van der Waals surface area contributed by atoms with E-state index in [2.05, 4.69) is 10.6 Å². The number of halogens is 1. The zero-order chi connectivity index (χ0) is 26.4. The van der Waals surface area contributed by atoms with E-state index in [-0.39, 0.29) is 29.5 Å². The first-order valence-corrected chi connectivity index (χ1v) is 12.5. The first kappa shape index (κ1) is 27.2. The summed E-state index contributed by atoms with van der Waals surface area (Å²) in [6.07, 6.45) is 7.36. The van der Waals surface area contributed by atoms with Crippen molar-refractivity contribution in [3.63, 3.8) is 0 Å². The number of benzene rings is 1. The number of nitrogens with one attached hydrogen (secondary N) is 2. The summed E-state index contributed by atoms with van der Waals surface area (Å²) < 4.78 is 16.9. The van der Waals surface area contributed by atoms with Gasteiger partial charge in [0.2, 0.25) is 5.43 Å². The maximum atomic E-state index is 15.1. The monoisotopic (exact) mass is 503 g/mol. The Labute approximate surface area is 208 Å². The molecule has 1 saturated carbocycles. The average molecular weight is 504 g/mol. The quantitative estimate of drug-likeness (QED) is 0.359. The second-order valence-electron chi connectivity index (χ2n) is 9.54. The fraction of sp³-hybridized carbons (Fsp3) is 0.538. The summed E-state index contributed by atoms with van der Waals surface area (Å²) in [6, 6.07) is 1.29. The number of anilines is 1. The van der Waals surface area contributed by atoms with Crippen molar-refractivity contribution in [2.24, 2.45) is 0 Å². The molecule has 4 N–H and O–H groups in total. The molecule has 0 aliphatic heterocycles. The number of carbonyl (C=O) groups excluding carboxylic acids is 1. The van der Waals surface area contributed by atoms with E-state index in [1.165, 1.54) is 6.20 Å². The van der Waals surface area contributed by atoms with Crippen LogP contribution in [0.1, 0.15) is 88.0 Å². The van der Waals surface area contributed by atoms with Gasteiger partial charge in [-0.2, -0.15) is 0 Å². The molecular weight excluding hydrogens is 469 g/mol. The molecule has 1 aromatic heterocycles. The third kappa shape index (κ3) is 6.41. The van der Waals surface area contributed by atoms with Crippen LogP contribution in [0.25, 0.3) is 10.9 Å². The Hall–Kier alpha value is -3.43. The largest absolute Gasteiger partial charge is 0.481 e. The maximum absolute atomic E-state index is 15.1. The Kier molecular flexibility index (Phi) is 9.06. The summed E-state index contributed by atoms with van der Waals surface area (Å²) in [5.41, 5.74) is -0.242. The van der Waals surface area contributed by atoms with Crippen molar-refractivity contribution in [1.82, 2.24) is 9.88 Å². The molecular formula is C26H34FN3O6. The lowest BCUT2D eigenvalue weighted by atomic mass is 9.95. The normalized spacial score (nSPS) is 15.9. The first-order valence-electron chi connectivity index (χ1n) is 12.5. The fourth-order valence-corrected chi connectivity index (χ4v) is 4.79. The van der Waals surface area contributed by atoms with Gasteiger partial charge < -0.3 is 25.4 Å². The number of carbonyl (C=O) groups is 3. The molecule has 1 fully saturated rings. The van der Waals surface area contributed by atoms with Gasteiger partial charge in [-0.3, -0.25) is 14.4 Å². The van der Waals surface area contributed by atoms with Gasteiger partial charge in [-0.05, 0) is 44.7 Å². The molecule has 0 bridgehead atoms. The Morgan fingerprint density at radius 2 is 1.83 bits per heavy atom. The van der Waals surface area contributed by atoms with Crippen molar-refractivity contribution in [2.75, 3.05) is 5.32 Å². The molecule has 1 heterocycles. The van der Waals surface area contributed by atoms with E-state index in [4.69, 9.17) is 5.11 Å². The molecule has 196 valence electrons. The molecule has 2 unspecified atom stereocenters. The Bertz CT molecular complexity index is 1190. The molecule has 1 amide bonds. The van der Waals surface area contributed by atoms with Crippen LogP contribution in [0, 0.1) is 5.82 Å². The number of nitrogens with zero attached hydrogens (tertiary/aromatic N) is 1. The highest BCUT2D eigenvalue weighted by Gasteiger charge is 2.25. The van der Waals surface area contributed by atoms with E-state index >= 15 is 4.39 Å². The van der Waals surface area contributed by atoms with Gasteiger partial charge >= 0.3 is 11.9 Å². The predicted molar refractivity (Wildman–Crippen MR) is 134 cm³/mol. The van der Waals surface area contributed by atoms with Crippen molar-refractivity contribution >= 4 is 34.4 Å². The van der Waals surface area contributed by atoms with E-state index in [1.54, 1.807) is 10.6 Å². The highest BCUT2D eigenvalue weighted by molar-refractivity contribution is 5.99. The van der Waals surface area contributed by atoms with E-state index in [9.17, 15) is 24.3 Å². The summed E-state index contributed by atoms with van der Waals surface area (Å²) in [5, 5.41) is 23.8. The summed E-state index contributed by atoms with van der Waals surface area (Å²) in [5.74, 6) is -4.15. The number of aliphatic carboxylic acids is 2. The van der Waals surface area contributed by atoms with Crippen molar-refractivity contribution in [3.8, 4) is 0 Å². The maximum Gasteiger partial charge on any atom is 0.326 e. The zero-order valence-electron chi connectivity index (χ0n) is 20.7. The van der Waals surface area contributed by atoms with Crippen molar-refractivity contribution in [1.29, 1.82) is 0 Å². The van der Waals surface area contributed by atoms with Crippen molar-refractivity contribution in [3.05, 3.63) is 39.9 Å². The molecule has 0 radical (unpaired) electrons. The molecule has 1 aliphatic rings. The second-order valence-corrected chi connectivity index (χ2v) is 9.54. The molecule has 0 saturated heterocycles. The SMILES string of the molecule is CCCC(C)n1cc(C(=O)NC(CCC(=O)O)C(=O)O)c(=O)c2cc(F)c(NC3CCCCC3)cc21. The Balaban J connectivity index is 2.05. The lowest BCUT2D eigenvalue weighted by Crippen LogP contribution is -2.42. The molecule has 3 rings (SSSR count). The minimum absolute atomic E-state index is 0.0229. The van der Waals surface area contributed by atoms with Gasteiger partial charge in [-0.15, -0.1) is 0 Å². The van der Waals surface area contributed by atoms with Crippen molar-refractivity contribution in [2.45, 2.75) is 89.8 Å². The first-order chi connectivity index (χ1) is 17.1. The van der Waals surface area contributed by atoms with Gasteiger partial charge in [0.15, 0.2) is 0 Å². The van der Waals surface area contributed by atoms with Crippen LogP contribution < -0.4 is 16.1 Å². The minimum atomic E-state index is -1.48. The van der Waals surface area contributed by atoms with Crippen LogP contribution in [0.2, 0.25) is 0 Å². The summed E-state index contributed by atoms with van der Waals surface area (Å²) in [7, 11) is 0. The van der Waals surface area contributed by atoms with E-state index in [0.29, 0.717) is 11.2 Å². The van der Waals surface area contributed by atoms with Crippen LogP contribution in [-0.2, 0) is 9.59 Å². The highest BCUT2D eigenvalue weighted by atomic mass is 19.1. The van der Waals surface area contributed by atoms with Gasteiger partial charge in [0.25, 0.3) is 5.91 Å². The molecule has 1 aliphatic carbocycles. The molecule has 2 atom stereocenters. The number of carboxylic acids is 2. The Morgan fingerprint density at radius 1 is 1.14 bits per heavy atom. The number of hydrogen-bond donors (Lipinski definition) is 4. The standard InChI is InChI=1S/C26H34FN3O6/c1-3-7-15(2)30-14-18(25(34)29-20(26(35)36)10-11-23(31)32)24(33)17-12-19(27)21(13-22(17)30)28-16-8-5-4-6-9-16/h12-16,20,28H,3-11H2,1-2H3,(H,29,34)(H,31,32)(H,35,36). The third-order valence-electron chi connectivity index (χ3n) is 6.76. The topological polar surface area (TPSA) is 138 Å². The number of carboxylic acid groups (broad SMARTS) is 2. The van der Waals surface area contributed by atoms with Crippen LogP contribution >= 0.6 is 0 Å². The number of hydrogen-bond acceptors (Lipinski definition) is 5. The van der Waals surface area contributed by atoms with Gasteiger partial charge in [0.1, 0.15) is 17.4 Å². The summed E-state index contributed by atoms with van der Waals surface area (Å²) in [4.78, 5) is 48.6. The van der Waals surface area contributed by atoms with E-state index in [0.717, 1.165) is 51.0 Å². The smallest absolute Gasteiger partial charge is 0.326 e. The number of fused-ring (bicyclic) bond motifs is 1. The van der Waals surface area contributed by atoms with Gasteiger partial charge in [-0.25, -0.2) is 9.18 Å². The predicted octanol–water partition coefficient (Wildman–Crippen LogP) is 4.29. The average Bonchev–Trinajstić information content (AvgIpc) is 2.83. The second kappa shape index (κ2) is 12.0. The van der Waals surface area contributed by atoms with Gasteiger partial charge in [-0.1, -0.05) is 32.6 Å². The van der Waals surface area contributed by atoms with Crippen LogP contribution in [0.4, 0.5) is 10.1 Å². The number of rotatable bonds is 11. The molecule has 0 spiro atoms. The fourth-order valence-electron chi connectivity index (χ4n) is 4.79. The Morgan fingerprint density at radius 3 is 2.44 bits per heavy atom. The molecule has 36 heavy (non-hydrogen) atoms. The molecule has 2 aromatic rings. The van der Waals surface area contributed by atoms with E-state index < -0.39 is 41.6 Å². The zero-order valence-corrected chi connectivity index (χ0v) is 20.7. The van der Waals surface area contributed by atoms with Crippen LogP contribution in [0.3, 0.4) is 0 Å². The summed E-state index contributed by atoms with van der Waals surface area (Å²) >= 11 is 0. The lowest BCUT2D eigenvalue weighted by Gasteiger charge is -2.25. The van der Waals surface area contributed by atoms with Crippen LogP contribution in [-0.4, -0.2) is 44.7 Å². The molecule has 9 nitrogen and oxygen atoms in total. The number of amides is 1. The number of aromatic nitrogens is 1. The number of pyridine rings is 1. The van der Waals surface area contributed by atoms with Gasteiger partial charge in [0, 0.05) is 30.1 Å². The minimum Gasteiger partial charge on any atom is -0.481 e.